The van der Waals surface area contributed by atoms with Crippen molar-refractivity contribution in [3.05, 3.63) is 23.9 Å². The van der Waals surface area contributed by atoms with Crippen molar-refractivity contribution in [3.63, 3.8) is 0 Å². The zero-order valence-electron chi connectivity index (χ0n) is 14.1. The van der Waals surface area contributed by atoms with E-state index in [1.807, 2.05) is 19.1 Å². The first-order valence-electron chi connectivity index (χ1n) is 7.81. The van der Waals surface area contributed by atoms with Gasteiger partial charge in [-0.25, -0.2) is 9.98 Å². The number of pyridine rings is 1. The van der Waals surface area contributed by atoms with Crippen LogP contribution in [0.3, 0.4) is 0 Å². The van der Waals surface area contributed by atoms with Crippen LogP contribution in [-0.4, -0.2) is 43.9 Å². The Bertz CT molecular complexity index is 434. The Morgan fingerprint density at radius 3 is 2.77 bits per heavy atom. The fraction of sp³-hybridized carbons (Fsp3) is 0.625. The molecule has 0 radical (unpaired) electrons. The van der Waals surface area contributed by atoms with Crippen molar-refractivity contribution in [3.8, 4) is 5.88 Å². The zero-order chi connectivity index (χ0) is 16.2. The number of rotatable bonds is 9. The van der Waals surface area contributed by atoms with Gasteiger partial charge in [-0.05, 0) is 25.8 Å². The minimum atomic E-state index is 0.200. The van der Waals surface area contributed by atoms with Crippen LogP contribution in [0.15, 0.2) is 23.3 Å². The number of ether oxygens (including phenoxy) is 2. The fourth-order valence-corrected chi connectivity index (χ4v) is 1.81. The van der Waals surface area contributed by atoms with Gasteiger partial charge in [0, 0.05) is 32.0 Å². The molecule has 0 amide bonds. The predicted molar refractivity (Wildman–Crippen MR) is 89.3 cm³/mol. The molecule has 0 bridgehead atoms. The third-order valence-corrected chi connectivity index (χ3v) is 2.82. The second-order valence-electron chi connectivity index (χ2n) is 5.05. The van der Waals surface area contributed by atoms with Gasteiger partial charge in [-0.15, -0.1) is 0 Å². The van der Waals surface area contributed by atoms with Gasteiger partial charge in [0.15, 0.2) is 5.96 Å². The van der Waals surface area contributed by atoms with Crippen LogP contribution in [-0.2, 0) is 11.3 Å². The van der Waals surface area contributed by atoms with Crippen molar-refractivity contribution < 1.29 is 9.47 Å². The summed E-state index contributed by atoms with van der Waals surface area (Å²) in [6, 6.07) is 4.07. The molecule has 1 atom stereocenters. The first kappa shape index (κ1) is 18.2. The molecule has 0 aliphatic carbocycles. The zero-order valence-corrected chi connectivity index (χ0v) is 14.1. The second kappa shape index (κ2) is 10.8. The summed E-state index contributed by atoms with van der Waals surface area (Å²) in [6.45, 7) is 8.87. The Labute approximate surface area is 133 Å². The van der Waals surface area contributed by atoms with Gasteiger partial charge in [0.05, 0.1) is 19.8 Å². The monoisotopic (exact) mass is 308 g/mol. The number of methoxy groups -OCH3 is 1. The minimum Gasteiger partial charge on any atom is -0.478 e. The maximum Gasteiger partial charge on any atom is 0.213 e. The summed E-state index contributed by atoms with van der Waals surface area (Å²) in [5, 5.41) is 6.52. The number of nitrogens with zero attached hydrogens (tertiary/aromatic N) is 2. The number of aromatic nitrogens is 1. The van der Waals surface area contributed by atoms with Crippen LogP contribution >= 0.6 is 0 Å². The van der Waals surface area contributed by atoms with Crippen molar-refractivity contribution in [2.75, 3.05) is 26.9 Å². The molecule has 0 spiro atoms. The third-order valence-electron chi connectivity index (χ3n) is 2.82. The van der Waals surface area contributed by atoms with Crippen molar-refractivity contribution in [1.82, 2.24) is 15.6 Å². The molecule has 0 fully saturated rings. The molecular formula is C16H28N4O2. The lowest BCUT2D eigenvalue weighted by Crippen LogP contribution is -2.43. The maximum atomic E-state index is 5.47. The van der Waals surface area contributed by atoms with E-state index in [0.29, 0.717) is 25.6 Å². The topological polar surface area (TPSA) is 67.8 Å². The van der Waals surface area contributed by atoms with E-state index in [1.54, 1.807) is 13.3 Å². The van der Waals surface area contributed by atoms with Gasteiger partial charge in [-0.1, -0.05) is 13.0 Å². The van der Waals surface area contributed by atoms with E-state index in [2.05, 4.69) is 34.5 Å². The van der Waals surface area contributed by atoms with Gasteiger partial charge < -0.3 is 20.1 Å². The SMILES string of the molecule is CCCOc1ccc(CN=C(NCC)NC(C)COC)cn1. The Kier molecular flexibility index (Phi) is 8.98. The summed E-state index contributed by atoms with van der Waals surface area (Å²) in [5.74, 6) is 1.44. The van der Waals surface area contributed by atoms with E-state index < -0.39 is 0 Å². The molecule has 124 valence electrons. The third kappa shape index (κ3) is 7.26. The lowest BCUT2D eigenvalue weighted by molar-refractivity contribution is 0.179. The Hall–Kier alpha value is -1.82. The molecule has 1 unspecified atom stereocenters. The van der Waals surface area contributed by atoms with E-state index in [1.165, 1.54) is 0 Å². The summed E-state index contributed by atoms with van der Waals surface area (Å²) in [6.07, 6.45) is 2.78. The second-order valence-corrected chi connectivity index (χ2v) is 5.05. The average Bonchev–Trinajstić information content (AvgIpc) is 2.52. The summed E-state index contributed by atoms with van der Waals surface area (Å²) in [7, 11) is 1.69. The number of aliphatic imine (C=N–C) groups is 1. The molecule has 0 aromatic carbocycles. The van der Waals surface area contributed by atoms with Crippen molar-refractivity contribution >= 4 is 5.96 Å². The smallest absolute Gasteiger partial charge is 0.213 e. The predicted octanol–water partition coefficient (Wildman–Crippen LogP) is 1.96. The molecule has 0 aliphatic rings. The van der Waals surface area contributed by atoms with Crippen LogP contribution in [0.5, 0.6) is 5.88 Å². The van der Waals surface area contributed by atoms with Gasteiger partial charge in [0.2, 0.25) is 5.88 Å². The Morgan fingerprint density at radius 1 is 1.36 bits per heavy atom. The fourth-order valence-electron chi connectivity index (χ4n) is 1.81. The first-order chi connectivity index (χ1) is 10.7. The Balaban J connectivity index is 2.57. The summed E-state index contributed by atoms with van der Waals surface area (Å²) >= 11 is 0. The van der Waals surface area contributed by atoms with Crippen molar-refractivity contribution in [1.29, 1.82) is 0 Å². The number of guanidine groups is 1. The standard InChI is InChI=1S/C16H28N4O2/c1-5-9-22-15-8-7-14(10-18-15)11-19-16(17-6-2)20-13(3)12-21-4/h7-8,10,13H,5-6,9,11-12H2,1-4H3,(H2,17,19,20). The molecule has 0 saturated carbocycles. The molecule has 22 heavy (non-hydrogen) atoms. The van der Waals surface area contributed by atoms with E-state index in [0.717, 1.165) is 24.5 Å². The molecule has 2 N–H and O–H groups in total. The van der Waals surface area contributed by atoms with E-state index in [-0.39, 0.29) is 6.04 Å². The van der Waals surface area contributed by atoms with Crippen LogP contribution in [0, 0.1) is 0 Å². The van der Waals surface area contributed by atoms with Gasteiger partial charge in [0.1, 0.15) is 0 Å². The lowest BCUT2D eigenvalue weighted by Gasteiger charge is -2.16. The normalized spacial score (nSPS) is 12.8. The van der Waals surface area contributed by atoms with Crippen molar-refractivity contribution in [2.24, 2.45) is 4.99 Å². The highest BCUT2D eigenvalue weighted by Gasteiger charge is 2.04. The van der Waals surface area contributed by atoms with E-state index in [4.69, 9.17) is 9.47 Å². The van der Waals surface area contributed by atoms with Crippen LogP contribution in [0.4, 0.5) is 0 Å². The van der Waals surface area contributed by atoms with Crippen molar-refractivity contribution in [2.45, 2.75) is 39.8 Å². The average molecular weight is 308 g/mol. The molecule has 0 aliphatic heterocycles. The number of nitrogens with one attached hydrogen (secondary N) is 2. The van der Waals surface area contributed by atoms with Crippen LogP contribution < -0.4 is 15.4 Å². The summed E-state index contributed by atoms with van der Waals surface area (Å²) in [4.78, 5) is 8.83. The van der Waals surface area contributed by atoms with E-state index >= 15 is 0 Å². The number of hydrogen-bond acceptors (Lipinski definition) is 4. The summed E-state index contributed by atoms with van der Waals surface area (Å²) in [5.41, 5.74) is 1.04. The van der Waals surface area contributed by atoms with Gasteiger partial charge in [0.25, 0.3) is 0 Å². The molecule has 1 rings (SSSR count). The maximum absolute atomic E-state index is 5.47. The van der Waals surface area contributed by atoms with Gasteiger partial charge in [-0.3, -0.25) is 0 Å². The van der Waals surface area contributed by atoms with Crippen LogP contribution in [0.1, 0.15) is 32.8 Å². The minimum absolute atomic E-state index is 0.200. The molecule has 1 aromatic rings. The molecule has 0 saturated heterocycles. The lowest BCUT2D eigenvalue weighted by atomic mass is 10.3. The molecule has 1 aromatic heterocycles. The molecule has 1 heterocycles. The highest BCUT2D eigenvalue weighted by atomic mass is 16.5. The van der Waals surface area contributed by atoms with Crippen LogP contribution in [0.25, 0.3) is 0 Å². The molecule has 6 nitrogen and oxygen atoms in total. The highest BCUT2D eigenvalue weighted by molar-refractivity contribution is 5.80. The highest BCUT2D eigenvalue weighted by Crippen LogP contribution is 2.08. The Morgan fingerprint density at radius 2 is 2.18 bits per heavy atom. The molecular weight excluding hydrogens is 280 g/mol. The quantitative estimate of drug-likeness (QED) is 0.539. The molecule has 6 heteroatoms. The first-order valence-corrected chi connectivity index (χ1v) is 7.81. The number of hydrogen-bond donors (Lipinski definition) is 2. The summed E-state index contributed by atoms with van der Waals surface area (Å²) < 4.78 is 10.6. The van der Waals surface area contributed by atoms with Crippen LogP contribution in [0.2, 0.25) is 0 Å². The van der Waals surface area contributed by atoms with E-state index in [9.17, 15) is 0 Å². The largest absolute Gasteiger partial charge is 0.478 e. The van der Waals surface area contributed by atoms with Gasteiger partial charge >= 0.3 is 0 Å². The van der Waals surface area contributed by atoms with Gasteiger partial charge in [-0.2, -0.15) is 0 Å².